The van der Waals surface area contributed by atoms with Gasteiger partial charge in [0.15, 0.2) is 0 Å². The molecule has 0 radical (unpaired) electrons. The number of methoxy groups -OCH3 is 1. The number of fused-ring (bicyclic) bond motifs is 6. The van der Waals surface area contributed by atoms with E-state index < -0.39 is 23.1 Å². The molecule has 0 saturated carbocycles. The third-order valence-electron chi connectivity index (χ3n) is 7.44. The summed E-state index contributed by atoms with van der Waals surface area (Å²) in [5.74, 6) is -1.30. The number of halogens is 3. The van der Waals surface area contributed by atoms with Gasteiger partial charge in [0.1, 0.15) is 0 Å². The molecule has 0 spiro atoms. The van der Waals surface area contributed by atoms with E-state index in [1.54, 1.807) is 13.8 Å². The highest BCUT2D eigenvalue weighted by molar-refractivity contribution is 6.15. The van der Waals surface area contributed by atoms with Crippen LogP contribution >= 0.6 is 0 Å². The monoisotopic (exact) mass is 508 g/mol. The van der Waals surface area contributed by atoms with Crippen molar-refractivity contribution in [3.05, 3.63) is 64.3 Å². The van der Waals surface area contributed by atoms with Gasteiger partial charge in [0.25, 0.3) is 0 Å². The molecule has 0 fully saturated rings. The van der Waals surface area contributed by atoms with Crippen molar-refractivity contribution in [3.63, 3.8) is 0 Å². The number of carbonyl (C=O) groups is 2. The number of nitrogens with zero attached hydrogens (tertiary/aromatic N) is 2. The van der Waals surface area contributed by atoms with Crippen molar-refractivity contribution in [1.29, 1.82) is 0 Å². The minimum absolute atomic E-state index is 0.0381. The van der Waals surface area contributed by atoms with Crippen LogP contribution in [0.15, 0.2) is 36.5 Å². The number of nitrogens with one attached hydrogen (secondary N) is 2. The zero-order valence-corrected chi connectivity index (χ0v) is 20.3. The molecule has 4 aromatic rings. The normalized spacial score (nSPS) is 16.4. The number of hydrogen-bond donors (Lipinski definition) is 2. The van der Waals surface area contributed by atoms with E-state index in [1.807, 2.05) is 18.3 Å². The minimum Gasteiger partial charge on any atom is -0.465 e. The summed E-state index contributed by atoms with van der Waals surface area (Å²) in [5.41, 5.74) is 3.70. The van der Waals surface area contributed by atoms with E-state index in [-0.39, 0.29) is 17.2 Å². The summed E-state index contributed by atoms with van der Waals surface area (Å²) in [6, 6.07) is 6.67. The molecule has 1 aliphatic heterocycles. The maximum absolute atomic E-state index is 13.8. The minimum atomic E-state index is -4.72. The number of rotatable bonds is 2. The number of esters is 1. The zero-order chi connectivity index (χ0) is 26.3. The summed E-state index contributed by atoms with van der Waals surface area (Å²) in [7, 11) is 1.10. The van der Waals surface area contributed by atoms with Crippen molar-refractivity contribution in [2.24, 2.45) is 0 Å². The first kappa shape index (κ1) is 23.3. The summed E-state index contributed by atoms with van der Waals surface area (Å²) in [5, 5.41) is 8.16. The van der Waals surface area contributed by atoms with Gasteiger partial charge in [-0.2, -0.15) is 18.3 Å². The predicted molar refractivity (Wildman–Crippen MR) is 131 cm³/mol. The third-order valence-corrected chi connectivity index (χ3v) is 7.44. The standard InChI is InChI=1S/C27H23F3N4O3/c1-26(2)19-11-20-18(17-6-4-5-13-12-31-33-22(13)23(17)32-20)10-21(19)34(25(26)36)16-8-14(24(35)37-3)7-15(9-16)27(28,29)30/h7-12,32H,4-6H2,1-3H3,(H,31,33). The van der Waals surface area contributed by atoms with Crippen LogP contribution < -0.4 is 4.90 Å². The first-order valence-electron chi connectivity index (χ1n) is 11.9. The van der Waals surface area contributed by atoms with Gasteiger partial charge < -0.3 is 9.72 Å². The second kappa shape index (κ2) is 7.71. The summed E-state index contributed by atoms with van der Waals surface area (Å²) in [6.45, 7) is 3.49. The van der Waals surface area contributed by atoms with E-state index in [1.165, 1.54) is 11.0 Å². The van der Waals surface area contributed by atoms with Crippen LogP contribution in [0.1, 0.15) is 52.9 Å². The number of alkyl halides is 3. The van der Waals surface area contributed by atoms with Crippen LogP contribution in [0.2, 0.25) is 0 Å². The van der Waals surface area contributed by atoms with E-state index in [0.717, 1.165) is 71.9 Å². The molecule has 3 heterocycles. The molecule has 0 bridgehead atoms. The Balaban J connectivity index is 1.59. The lowest BCUT2D eigenvalue weighted by Crippen LogP contribution is -2.33. The van der Waals surface area contributed by atoms with Gasteiger partial charge >= 0.3 is 12.1 Å². The van der Waals surface area contributed by atoms with E-state index in [4.69, 9.17) is 0 Å². The molecular weight excluding hydrogens is 485 g/mol. The number of aromatic nitrogens is 3. The Hall–Kier alpha value is -4.08. The lowest BCUT2D eigenvalue weighted by Gasteiger charge is -2.22. The number of H-pyrrole nitrogens is 2. The number of aryl methyl sites for hydroxylation is 2. The van der Waals surface area contributed by atoms with Gasteiger partial charge in [-0.05, 0) is 80.1 Å². The van der Waals surface area contributed by atoms with Crippen molar-refractivity contribution >= 4 is 34.2 Å². The average molecular weight is 509 g/mol. The molecule has 10 heteroatoms. The maximum atomic E-state index is 13.8. The third kappa shape index (κ3) is 3.38. The average Bonchev–Trinajstić information content (AvgIpc) is 3.47. The van der Waals surface area contributed by atoms with Crippen molar-refractivity contribution in [1.82, 2.24) is 15.2 Å². The van der Waals surface area contributed by atoms with Crippen LogP contribution in [0.4, 0.5) is 24.5 Å². The molecule has 2 aliphatic rings. The highest BCUT2D eigenvalue weighted by Crippen LogP contribution is 2.49. The number of amides is 1. The van der Waals surface area contributed by atoms with Crippen LogP contribution in [0.5, 0.6) is 0 Å². The molecule has 2 aromatic carbocycles. The van der Waals surface area contributed by atoms with Crippen LogP contribution in [0.25, 0.3) is 22.3 Å². The molecule has 1 amide bonds. The molecule has 190 valence electrons. The number of benzene rings is 2. The molecule has 0 unspecified atom stereocenters. The fourth-order valence-electron chi connectivity index (χ4n) is 5.52. The van der Waals surface area contributed by atoms with Gasteiger partial charge in [-0.1, -0.05) is 0 Å². The van der Waals surface area contributed by atoms with Crippen molar-refractivity contribution in [3.8, 4) is 11.4 Å². The fourth-order valence-corrected chi connectivity index (χ4v) is 5.52. The molecule has 7 nitrogen and oxygen atoms in total. The first-order valence-corrected chi connectivity index (χ1v) is 11.9. The quantitative estimate of drug-likeness (QED) is 0.335. The summed E-state index contributed by atoms with van der Waals surface area (Å²) in [4.78, 5) is 30.7. The van der Waals surface area contributed by atoms with E-state index in [2.05, 4.69) is 19.9 Å². The Labute approximate surface area is 209 Å². The van der Waals surface area contributed by atoms with Crippen LogP contribution in [0.3, 0.4) is 0 Å². The van der Waals surface area contributed by atoms with Gasteiger partial charge in [-0.25, -0.2) is 4.79 Å². The Kier molecular flexibility index (Phi) is 4.86. The van der Waals surface area contributed by atoms with Gasteiger partial charge in [-0.3, -0.25) is 14.8 Å². The number of hydrogen-bond acceptors (Lipinski definition) is 4. The van der Waals surface area contributed by atoms with Crippen LogP contribution in [-0.4, -0.2) is 34.2 Å². The lowest BCUT2D eigenvalue weighted by molar-refractivity contribution is -0.137. The van der Waals surface area contributed by atoms with E-state index in [0.29, 0.717) is 11.3 Å². The summed E-state index contributed by atoms with van der Waals surface area (Å²) in [6.07, 6.45) is -0.313. The Morgan fingerprint density at radius 2 is 1.89 bits per heavy atom. The number of ether oxygens (including phenoxy) is 1. The Morgan fingerprint density at radius 3 is 2.62 bits per heavy atom. The molecule has 1 aliphatic carbocycles. The fraction of sp³-hybridized carbons (Fsp3) is 0.296. The predicted octanol–water partition coefficient (Wildman–Crippen LogP) is 5.81. The topological polar surface area (TPSA) is 91.1 Å². The van der Waals surface area contributed by atoms with Gasteiger partial charge in [0.05, 0.1) is 52.6 Å². The lowest BCUT2D eigenvalue weighted by atomic mass is 9.85. The summed E-state index contributed by atoms with van der Waals surface area (Å²) < 4.78 is 46.0. The molecule has 0 atom stereocenters. The number of carbonyl (C=O) groups excluding carboxylic acids is 2. The van der Waals surface area contributed by atoms with Crippen LogP contribution in [0, 0.1) is 0 Å². The van der Waals surface area contributed by atoms with E-state index >= 15 is 0 Å². The highest BCUT2D eigenvalue weighted by atomic mass is 19.4. The SMILES string of the molecule is COC(=O)c1cc(N2C(=O)C(C)(C)c3cc4[nH]c5c(c4cc32)CCCc2cn[nH]c2-5)cc(C(F)(F)F)c1. The number of aromatic amines is 2. The Bertz CT molecular complexity index is 1610. The second-order valence-electron chi connectivity index (χ2n) is 10.0. The van der Waals surface area contributed by atoms with Gasteiger partial charge in [0.2, 0.25) is 5.91 Å². The maximum Gasteiger partial charge on any atom is 0.416 e. The molecule has 2 aromatic heterocycles. The zero-order valence-electron chi connectivity index (χ0n) is 20.3. The van der Waals surface area contributed by atoms with Gasteiger partial charge in [0, 0.05) is 10.9 Å². The van der Waals surface area contributed by atoms with Crippen molar-refractivity contribution in [2.75, 3.05) is 12.0 Å². The Morgan fingerprint density at radius 1 is 1.11 bits per heavy atom. The second-order valence-corrected chi connectivity index (χ2v) is 10.0. The summed E-state index contributed by atoms with van der Waals surface area (Å²) >= 11 is 0. The molecule has 6 rings (SSSR count). The number of anilines is 2. The van der Waals surface area contributed by atoms with Crippen molar-refractivity contribution in [2.45, 2.75) is 44.7 Å². The first-order chi connectivity index (χ1) is 17.5. The molecule has 37 heavy (non-hydrogen) atoms. The molecular formula is C27H23F3N4O3. The van der Waals surface area contributed by atoms with E-state index in [9.17, 15) is 22.8 Å². The highest BCUT2D eigenvalue weighted by Gasteiger charge is 2.46. The smallest absolute Gasteiger partial charge is 0.416 e. The molecule has 0 saturated heterocycles. The van der Waals surface area contributed by atoms with Crippen LogP contribution in [-0.2, 0) is 34.0 Å². The van der Waals surface area contributed by atoms with Gasteiger partial charge in [-0.15, -0.1) is 0 Å². The largest absolute Gasteiger partial charge is 0.465 e. The van der Waals surface area contributed by atoms with Crippen molar-refractivity contribution < 1.29 is 27.5 Å². The molecule has 2 N–H and O–H groups in total.